The van der Waals surface area contributed by atoms with E-state index in [0.29, 0.717) is 0 Å². The van der Waals surface area contributed by atoms with E-state index in [0.717, 1.165) is 31.4 Å². The topological polar surface area (TPSA) is 4.93 Å². The highest BCUT2D eigenvalue weighted by Gasteiger charge is 1.88. The van der Waals surface area contributed by atoms with Crippen LogP contribution in [0.2, 0.25) is 0 Å². The molecule has 0 aliphatic carbocycles. The third-order valence-electron chi connectivity index (χ3n) is 2.77. The third-order valence-corrected chi connectivity index (χ3v) is 2.77. The summed E-state index contributed by atoms with van der Waals surface area (Å²) >= 11 is 0. The smallest absolute Gasteiger partial charge is 0.0255 e. The van der Waals surface area contributed by atoms with Crippen LogP contribution in [0, 0.1) is 23.7 Å². The van der Waals surface area contributed by atoms with E-state index in [1.165, 1.54) is 0 Å². The van der Waals surface area contributed by atoms with Gasteiger partial charge in [-0.05, 0) is 48.9 Å². The number of aryl methyl sites for hydroxylation is 1. The van der Waals surface area contributed by atoms with E-state index < -0.39 is 0 Å². The van der Waals surface area contributed by atoms with Crippen molar-refractivity contribution in [3.63, 3.8) is 0 Å². The molecule has 0 aliphatic rings. The van der Waals surface area contributed by atoms with Gasteiger partial charge in [0.1, 0.15) is 0 Å². The second-order valence-electron chi connectivity index (χ2n) is 4.30. The minimum Gasteiger partial charge on any atom is -0.354 e. The van der Waals surface area contributed by atoms with Crippen LogP contribution in [0.4, 0.5) is 0 Å². The standard InChI is InChI=1S/C18H17N/c1(2-4-9-15-19-16-10-11-17-19)3-6-12-18-13-7-5-8-14-18/h5,7-8,10-11,13-14,16-17H,2,4,9,15H2. The summed E-state index contributed by atoms with van der Waals surface area (Å²) in [5.41, 5.74) is 1.02. The van der Waals surface area contributed by atoms with E-state index in [1.54, 1.807) is 0 Å². The summed E-state index contributed by atoms with van der Waals surface area (Å²) in [5, 5.41) is 0. The Bertz CT molecular complexity index is 586. The molecule has 0 saturated heterocycles. The molecular formula is C18H17N. The number of aromatic nitrogens is 1. The Morgan fingerprint density at radius 2 is 1.63 bits per heavy atom. The Labute approximate surface area is 115 Å². The molecule has 2 aromatic rings. The van der Waals surface area contributed by atoms with Crippen molar-refractivity contribution >= 4 is 0 Å². The Kier molecular flexibility index (Phi) is 5.40. The first-order valence-corrected chi connectivity index (χ1v) is 6.60. The van der Waals surface area contributed by atoms with Gasteiger partial charge in [-0.2, -0.15) is 0 Å². The largest absolute Gasteiger partial charge is 0.354 e. The lowest BCUT2D eigenvalue weighted by atomic mass is 10.2. The van der Waals surface area contributed by atoms with Gasteiger partial charge in [0.05, 0.1) is 0 Å². The summed E-state index contributed by atoms with van der Waals surface area (Å²) in [6.45, 7) is 1.07. The summed E-state index contributed by atoms with van der Waals surface area (Å²) in [6, 6.07) is 14.1. The van der Waals surface area contributed by atoms with Crippen molar-refractivity contribution in [1.29, 1.82) is 0 Å². The van der Waals surface area contributed by atoms with Gasteiger partial charge in [-0.3, -0.25) is 0 Å². The van der Waals surface area contributed by atoms with Gasteiger partial charge in [-0.25, -0.2) is 0 Å². The van der Waals surface area contributed by atoms with Gasteiger partial charge in [0.15, 0.2) is 0 Å². The molecule has 0 amide bonds. The summed E-state index contributed by atoms with van der Waals surface area (Å²) in [7, 11) is 0. The van der Waals surface area contributed by atoms with Crippen molar-refractivity contribution in [1.82, 2.24) is 4.57 Å². The Morgan fingerprint density at radius 3 is 2.42 bits per heavy atom. The van der Waals surface area contributed by atoms with Gasteiger partial charge in [-0.15, -0.1) is 0 Å². The quantitative estimate of drug-likeness (QED) is 0.573. The van der Waals surface area contributed by atoms with Crippen LogP contribution in [0.3, 0.4) is 0 Å². The summed E-state index contributed by atoms with van der Waals surface area (Å²) in [4.78, 5) is 0. The predicted octanol–water partition coefficient (Wildman–Crippen LogP) is 3.71. The number of rotatable bonds is 4. The minimum absolute atomic E-state index is 0.921. The highest BCUT2D eigenvalue weighted by atomic mass is 14.9. The summed E-state index contributed by atoms with van der Waals surface area (Å²) in [5.74, 6) is 11.9. The lowest BCUT2D eigenvalue weighted by Crippen LogP contribution is -1.92. The van der Waals surface area contributed by atoms with Crippen molar-refractivity contribution in [2.24, 2.45) is 0 Å². The van der Waals surface area contributed by atoms with Gasteiger partial charge in [0, 0.05) is 30.9 Å². The predicted molar refractivity (Wildman–Crippen MR) is 79.4 cm³/mol. The summed E-state index contributed by atoms with van der Waals surface area (Å²) in [6.07, 6.45) is 7.40. The number of nitrogens with zero attached hydrogens (tertiary/aromatic N) is 1. The fraction of sp³-hybridized carbons (Fsp3) is 0.222. The summed E-state index contributed by atoms with van der Waals surface area (Å²) < 4.78 is 2.20. The third kappa shape index (κ3) is 5.19. The van der Waals surface area contributed by atoms with Gasteiger partial charge in [0.2, 0.25) is 0 Å². The minimum atomic E-state index is 0.921. The molecule has 0 bridgehead atoms. The molecule has 1 heteroatoms. The molecule has 0 N–H and O–H groups in total. The maximum atomic E-state index is 3.10. The lowest BCUT2D eigenvalue weighted by Gasteiger charge is -1.99. The molecule has 0 radical (unpaired) electrons. The number of hydrogen-bond donors (Lipinski definition) is 0. The van der Waals surface area contributed by atoms with Crippen LogP contribution in [0.5, 0.6) is 0 Å². The first-order chi connectivity index (χ1) is 9.45. The SMILES string of the molecule is C(C#Cc1ccccc1)#CCCCCn1cccc1. The Morgan fingerprint density at radius 1 is 0.842 bits per heavy atom. The van der Waals surface area contributed by atoms with Crippen molar-refractivity contribution in [2.75, 3.05) is 0 Å². The molecule has 0 unspecified atom stereocenters. The van der Waals surface area contributed by atoms with Crippen molar-refractivity contribution in [2.45, 2.75) is 25.8 Å². The second kappa shape index (κ2) is 7.85. The molecule has 0 spiro atoms. The first kappa shape index (κ1) is 13.1. The first-order valence-electron chi connectivity index (χ1n) is 6.60. The Hall–Kier alpha value is -2.38. The van der Waals surface area contributed by atoms with E-state index in [4.69, 9.17) is 0 Å². The average molecular weight is 247 g/mol. The van der Waals surface area contributed by atoms with Crippen LogP contribution >= 0.6 is 0 Å². The number of hydrogen-bond acceptors (Lipinski definition) is 0. The molecule has 1 heterocycles. The molecule has 0 aliphatic heterocycles. The zero-order valence-electron chi connectivity index (χ0n) is 11.0. The highest BCUT2D eigenvalue weighted by Crippen LogP contribution is 1.99. The molecule has 0 saturated carbocycles. The molecule has 0 fully saturated rings. The van der Waals surface area contributed by atoms with Crippen molar-refractivity contribution in [3.8, 4) is 23.7 Å². The molecule has 1 nitrogen and oxygen atoms in total. The average Bonchev–Trinajstić information content (AvgIpc) is 2.96. The maximum Gasteiger partial charge on any atom is 0.0255 e. The Balaban J connectivity index is 1.64. The second-order valence-corrected chi connectivity index (χ2v) is 4.30. The maximum absolute atomic E-state index is 3.10. The van der Waals surface area contributed by atoms with Gasteiger partial charge in [0.25, 0.3) is 0 Å². The van der Waals surface area contributed by atoms with E-state index in [9.17, 15) is 0 Å². The van der Waals surface area contributed by atoms with E-state index >= 15 is 0 Å². The molecule has 1 aromatic heterocycles. The zero-order valence-corrected chi connectivity index (χ0v) is 11.0. The van der Waals surface area contributed by atoms with E-state index in [2.05, 4.69) is 52.8 Å². The molecule has 2 rings (SSSR count). The van der Waals surface area contributed by atoms with Gasteiger partial charge < -0.3 is 4.57 Å². The number of benzene rings is 1. The normalized spacial score (nSPS) is 9.05. The van der Waals surface area contributed by atoms with Crippen LogP contribution in [-0.4, -0.2) is 4.57 Å². The van der Waals surface area contributed by atoms with E-state index in [1.807, 2.05) is 30.3 Å². The fourth-order valence-electron chi connectivity index (χ4n) is 1.76. The van der Waals surface area contributed by atoms with Crippen LogP contribution in [0.1, 0.15) is 24.8 Å². The van der Waals surface area contributed by atoms with Crippen molar-refractivity contribution < 1.29 is 0 Å². The fourth-order valence-corrected chi connectivity index (χ4v) is 1.76. The van der Waals surface area contributed by atoms with Gasteiger partial charge >= 0.3 is 0 Å². The molecule has 19 heavy (non-hydrogen) atoms. The zero-order chi connectivity index (χ0) is 13.2. The van der Waals surface area contributed by atoms with E-state index in [-0.39, 0.29) is 0 Å². The van der Waals surface area contributed by atoms with Crippen LogP contribution in [0.15, 0.2) is 54.9 Å². The monoisotopic (exact) mass is 247 g/mol. The van der Waals surface area contributed by atoms with Crippen LogP contribution in [-0.2, 0) is 6.54 Å². The molecule has 1 aromatic carbocycles. The van der Waals surface area contributed by atoms with Gasteiger partial charge in [-0.1, -0.05) is 30.0 Å². The highest BCUT2D eigenvalue weighted by molar-refractivity contribution is 5.39. The molecule has 0 atom stereocenters. The lowest BCUT2D eigenvalue weighted by molar-refractivity contribution is 0.620. The van der Waals surface area contributed by atoms with Crippen LogP contribution < -0.4 is 0 Å². The van der Waals surface area contributed by atoms with Crippen molar-refractivity contribution in [3.05, 3.63) is 60.4 Å². The molecular weight excluding hydrogens is 230 g/mol. The number of unbranched alkanes of at least 4 members (excludes halogenated alkanes) is 2. The van der Waals surface area contributed by atoms with Crippen LogP contribution in [0.25, 0.3) is 0 Å². The molecule has 94 valence electrons.